The summed E-state index contributed by atoms with van der Waals surface area (Å²) in [6.07, 6.45) is 12.3. The number of hydrogen-bond donors (Lipinski definition) is 2. The number of rotatable bonds is 8. The van der Waals surface area contributed by atoms with Gasteiger partial charge in [-0.1, -0.05) is 27.4 Å². The summed E-state index contributed by atoms with van der Waals surface area (Å²) in [6, 6.07) is 2.19. The van der Waals surface area contributed by atoms with Gasteiger partial charge in [-0.25, -0.2) is 0 Å². The van der Waals surface area contributed by atoms with Gasteiger partial charge in [0.25, 0.3) is 0 Å². The summed E-state index contributed by atoms with van der Waals surface area (Å²) in [4.78, 5) is 11.6. The van der Waals surface area contributed by atoms with Crippen LogP contribution in [-0.2, 0) is 11.2 Å². The van der Waals surface area contributed by atoms with Crippen molar-refractivity contribution in [2.75, 3.05) is 6.61 Å². The summed E-state index contributed by atoms with van der Waals surface area (Å²) < 4.78 is 5.82. The first kappa shape index (κ1) is 24.2. The number of aliphatic hydroxyl groups excluding tert-OH is 1. The van der Waals surface area contributed by atoms with Gasteiger partial charge in [0.15, 0.2) is 0 Å². The van der Waals surface area contributed by atoms with Crippen molar-refractivity contribution >= 4 is 5.97 Å². The van der Waals surface area contributed by atoms with Crippen molar-refractivity contribution in [2.45, 2.75) is 91.9 Å². The number of aryl methyl sites for hydroxylation is 1. The number of aliphatic hydroxyl groups is 1. The molecule has 34 heavy (non-hydrogen) atoms. The topological polar surface area (TPSA) is 70.7 Å². The molecule has 2 N–H and O–H groups in total. The fourth-order valence-electron chi connectivity index (χ4n) is 10.3. The summed E-state index contributed by atoms with van der Waals surface area (Å²) in [5.74, 6) is 2.64. The van der Waals surface area contributed by atoms with Crippen molar-refractivity contribution < 1.29 is 19.4 Å². The Morgan fingerprint density at radius 2 is 1.97 bits per heavy atom. The molecule has 4 fully saturated rings. The molecule has 0 aromatic carbocycles. The van der Waals surface area contributed by atoms with Crippen molar-refractivity contribution in [3.8, 4) is 0 Å². The van der Waals surface area contributed by atoms with Crippen molar-refractivity contribution in [1.82, 2.24) is 0 Å². The van der Waals surface area contributed by atoms with Gasteiger partial charge in [-0.2, -0.15) is 0 Å². The van der Waals surface area contributed by atoms with Gasteiger partial charge < -0.3 is 14.6 Å². The normalized spacial score (nSPS) is 43.5. The van der Waals surface area contributed by atoms with E-state index in [4.69, 9.17) is 4.42 Å². The number of aliphatic carboxylic acids is 1. The Hall–Kier alpha value is -1.55. The van der Waals surface area contributed by atoms with Crippen LogP contribution >= 0.6 is 0 Å². The monoisotopic (exact) mass is 468 g/mol. The first-order valence-corrected chi connectivity index (χ1v) is 13.6. The summed E-state index contributed by atoms with van der Waals surface area (Å²) >= 11 is 0. The lowest BCUT2D eigenvalue weighted by molar-refractivity contribution is -0.139. The van der Waals surface area contributed by atoms with Crippen LogP contribution < -0.4 is 0 Å². The average Bonchev–Trinajstić information content (AvgIpc) is 3.16. The van der Waals surface area contributed by atoms with Crippen LogP contribution in [-0.4, -0.2) is 22.8 Å². The van der Waals surface area contributed by atoms with E-state index in [9.17, 15) is 15.0 Å². The molecule has 0 saturated heterocycles. The minimum atomic E-state index is -0.693. The fourth-order valence-corrected chi connectivity index (χ4v) is 10.3. The summed E-state index contributed by atoms with van der Waals surface area (Å²) in [7, 11) is 0. The lowest BCUT2D eigenvalue weighted by Gasteiger charge is -2.61. The van der Waals surface area contributed by atoms with Crippen molar-refractivity contribution in [3.63, 3.8) is 0 Å². The maximum absolute atomic E-state index is 11.6. The zero-order valence-electron chi connectivity index (χ0n) is 21.7. The molecule has 0 bridgehead atoms. The molecule has 0 amide bonds. The molecule has 1 spiro atoms. The number of hydrogen-bond acceptors (Lipinski definition) is 3. The standard InChI is InChI=1S/C30H44O4/c1-19-14-22(34-17-19)15-20(2)23-8-10-28(5)25-7-6-24(21(3)16-31)29(11-9-26(32)33)18-30(25,29)13-12-27(23,28)4/h14,17,20,23-25,31H,3,6-13,15-16,18H2,1-2,4-5H3,(H,32,33)/t20-,23-,24+,25+,27-,28+,29-,30+/m1/s1. The number of carboxylic acids is 1. The van der Waals surface area contributed by atoms with Gasteiger partial charge in [-0.15, -0.1) is 0 Å². The summed E-state index contributed by atoms with van der Waals surface area (Å²) in [5, 5.41) is 19.5. The van der Waals surface area contributed by atoms with Crippen molar-refractivity contribution in [2.24, 2.45) is 45.3 Å². The highest BCUT2D eigenvalue weighted by Crippen LogP contribution is 2.87. The van der Waals surface area contributed by atoms with E-state index in [0.29, 0.717) is 28.6 Å². The molecule has 188 valence electrons. The van der Waals surface area contributed by atoms with Crippen LogP contribution in [0.15, 0.2) is 28.9 Å². The first-order chi connectivity index (χ1) is 16.0. The molecular formula is C30H44O4. The van der Waals surface area contributed by atoms with Gasteiger partial charge in [-0.05, 0) is 121 Å². The minimum absolute atomic E-state index is 0.0288. The SMILES string of the molecule is C=C(CO)[C@@H]1CC[C@@H]2[C@]3(CC[C@]4(C)[C@@H]([C@H](C)Cc5cc(C)co5)CC[C@@]24C)C[C@]13CCC(=O)O. The molecule has 4 saturated carbocycles. The van der Waals surface area contributed by atoms with Gasteiger partial charge in [0.2, 0.25) is 0 Å². The Morgan fingerprint density at radius 3 is 2.62 bits per heavy atom. The smallest absolute Gasteiger partial charge is 0.303 e. The van der Waals surface area contributed by atoms with Crippen LogP contribution in [0.25, 0.3) is 0 Å². The van der Waals surface area contributed by atoms with Crippen LogP contribution in [0.5, 0.6) is 0 Å². The fraction of sp³-hybridized carbons (Fsp3) is 0.767. The van der Waals surface area contributed by atoms with E-state index in [-0.39, 0.29) is 29.8 Å². The highest BCUT2D eigenvalue weighted by Gasteiger charge is 2.80. The van der Waals surface area contributed by atoms with E-state index in [1.54, 1.807) is 0 Å². The summed E-state index contributed by atoms with van der Waals surface area (Å²) in [5.41, 5.74) is 3.02. The first-order valence-electron chi connectivity index (χ1n) is 13.6. The van der Waals surface area contributed by atoms with E-state index in [1.807, 2.05) is 6.26 Å². The largest absolute Gasteiger partial charge is 0.481 e. The number of furan rings is 1. The van der Waals surface area contributed by atoms with E-state index in [0.717, 1.165) is 37.0 Å². The lowest BCUT2D eigenvalue weighted by Crippen LogP contribution is -2.54. The third-order valence-corrected chi connectivity index (χ3v) is 12.0. The molecule has 1 aromatic heterocycles. The van der Waals surface area contributed by atoms with Crippen LogP contribution in [0.2, 0.25) is 0 Å². The Labute approximate surface area is 205 Å². The average molecular weight is 469 g/mol. The van der Waals surface area contributed by atoms with Gasteiger partial charge in [0, 0.05) is 12.8 Å². The third-order valence-electron chi connectivity index (χ3n) is 12.0. The zero-order chi connectivity index (χ0) is 24.5. The lowest BCUT2D eigenvalue weighted by atomic mass is 9.43. The van der Waals surface area contributed by atoms with E-state index in [1.165, 1.54) is 37.7 Å². The summed E-state index contributed by atoms with van der Waals surface area (Å²) in [6.45, 7) is 14.0. The maximum Gasteiger partial charge on any atom is 0.303 e. The number of carbonyl (C=O) groups is 1. The minimum Gasteiger partial charge on any atom is -0.481 e. The Balaban J connectivity index is 1.43. The second kappa shape index (κ2) is 7.98. The highest BCUT2D eigenvalue weighted by molar-refractivity contribution is 5.67. The third kappa shape index (κ3) is 3.16. The Bertz CT molecular complexity index is 978. The predicted octanol–water partition coefficient (Wildman–Crippen LogP) is 6.80. The molecule has 0 unspecified atom stereocenters. The number of carboxylic acid groups (broad SMARTS) is 1. The molecule has 0 radical (unpaired) electrons. The predicted molar refractivity (Wildman–Crippen MR) is 133 cm³/mol. The Kier molecular flexibility index (Phi) is 5.67. The van der Waals surface area contributed by atoms with Gasteiger partial charge >= 0.3 is 5.97 Å². The molecule has 4 aliphatic rings. The second-order valence-corrected chi connectivity index (χ2v) is 13.1. The quantitative estimate of drug-likeness (QED) is 0.412. The van der Waals surface area contributed by atoms with Crippen LogP contribution in [0.3, 0.4) is 0 Å². The van der Waals surface area contributed by atoms with Crippen molar-refractivity contribution in [1.29, 1.82) is 0 Å². The molecule has 1 aromatic rings. The molecular weight excluding hydrogens is 424 g/mol. The van der Waals surface area contributed by atoms with Crippen LogP contribution in [0.4, 0.5) is 0 Å². The maximum atomic E-state index is 11.6. The van der Waals surface area contributed by atoms with E-state index < -0.39 is 5.97 Å². The molecule has 5 rings (SSSR count). The molecule has 4 nitrogen and oxygen atoms in total. The van der Waals surface area contributed by atoms with E-state index >= 15 is 0 Å². The van der Waals surface area contributed by atoms with Gasteiger partial charge in [0.1, 0.15) is 5.76 Å². The van der Waals surface area contributed by atoms with Gasteiger partial charge in [0.05, 0.1) is 12.9 Å². The second-order valence-electron chi connectivity index (χ2n) is 13.1. The van der Waals surface area contributed by atoms with Gasteiger partial charge in [-0.3, -0.25) is 4.79 Å². The molecule has 1 heterocycles. The van der Waals surface area contributed by atoms with Crippen LogP contribution in [0.1, 0.15) is 89.9 Å². The molecule has 8 atom stereocenters. The Morgan fingerprint density at radius 1 is 1.21 bits per heavy atom. The molecule has 0 aliphatic heterocycles. The zero-order valence-corrected chi connectivity index (χ0v) is 21.7. The molecule has 4 aliphatic carbocycles. The number of fused-ring (bicyclic) bond motifs is 2. The van der Waals surface area contributed by atoms with Crippen LogP contribution in [0, 0.1) is 52.3 Å². The molecule has 4 heteroatoms. The van der Waals surface area contributed by atoms with Crippen molar-refractivity contribution in [3.05, 3.63) is 35.8 Å². The highest BCUT2D eigenvalue weighted by atomic mass is 16.4. The van der Waals surface area contributed by atoms with E-state index in [2.05, 4.69) is 40.3 Å².